The lowest BCUT2D eigenvalue weighted by molar-refractivity contribution is 0.475. The lowest BCUT2D eigenvalue weighted by atomic mass is 10.0. The summed E-state index contributed by atoms with van der Waals surface area (Å²) in [5.74, 6) is 0.796. The second-order valence-electron chi connectivity index (χ2n) is 5.91. The van der Waals surface area contributed by atoms with Crippen molar-refractivity contribution in [2.45, 2.75) is 19.8 Å². The number of benzene rings is 2. The number of pyridine rings is 1. The van der Waals surface area contributed by atoms with Crippen LogP contribution in [0.1, 0.15) is 25.3 Å². The van der Waals surface area contributed by atoms with E-state index in [1.54, 1.807) is 18.3 Å². The third kappa shape index (κ3) is 3.69. The molecule has 3 nitrogen and oxygen atoms in total. The molecule has 2 N–H and O–H groups in total. The summed E-state index contributed by atoms with van der Waals surface area (Å²) in [7, 11) is 0. The van der Waals surface area contributed by atoms with Gasteiger partial charge in [0.2, 0.25) is 0 Å². The summed E-state index contributed by atoms with van der Waals surface area (Å²) in [6.07, 6.45) is 3.62. The molecular weight excluding hydrogens is 284 g/mol. The van der Waals surface area contributed by atoms with Crippen LogP contribution >= 0.6 is 0 Å². The second-order valence-corrected chi connectivity index (χ2v) is 5.91. The molecule has 0 radical (unpaired) electrons. The number of aromatic nitrogens is 1. The average Bonchev–Trinajstić information content (AvgIpc) is 2.56. The van der Waals surface area contributed by atoms with Crippen LogP contribution in [0.2, 0.25) is 0 Å². The number of anilines is 2. The maximum Gasteiger partial charge on any atom is 0.115 e. The normalized spacial score (nSPS) is 10.7. The summed E-state index contributed by atoms with van der Waals surface area (Å²) in [6, 6.07) is 17.6. The topological polar surface area (TPSA) is 45.2 Å². The largest absolute Gasteiger partial charge is 0.508 e. The second kappa shape index (κ2) is 6.53. The maximum atomic E-state index is 9.39. The zero-order chi connectivity index (χ0) is 16.2. The highest BCUT2D eigenvalue weighted by Crippen LogP contribution is 2.25. The fourth-order valence-electron chi connectivity index (χ4n) is 2.44. The van der Waals surface area contributed by atoms with Crippen LogP contribution in [-0.2, 0) is 0 Å². The van der Waals surface area contributed by atoms with E-state index in [0.717, 1.165) is 22.5 Å². The van der Waals surface area contributed by atoms with E-state index in [1.165, 1.54) is 5.56 Å². The molecule has 1 heterocycles. The average molecular weight is 304 g/mol. The minimum Gasteiger partial charge on any atom is -0.508 e. The molecule has 0 saturated heterocycles. The molecule has 0 fully saturated rings. The first-order chi connectivity index (χ1) is 11.1. The minimum absolute atomic E-state index is 0.265. The summed E-state index contributed by atoms with van der Waals surface area (Å²) in [5, 5.41) is 12.8. The van der Waals surface area contributed by atoms with Gasteiger partial charge in [0.1, 0.15) is 5.75 Å². The summed E-state index contributed by atoms with van der Waals surface area (Å²) < 4.78 is 0. The molecule has 0 atom stereocenters. The molecule has 3 aromatic rings. The predicted octanol–water partition coefficient (Wildman–Crippen LogP) is 5.32. The van der Waals surface area contributed by atoms with E-state index in [0.29, 0.717) is 5.92 Å². The molecule has 0 saturated carbocycles. The Kier molecular flexibility index (Phi) is 4.29. The Morgan fingerprint density at radius 1 is 0.826 bits per heavy atom. The molecule has 3 heteroatoms. The lowest BCUT2D eigenvalue weighted by Gasteiger charge is -2.10. The van der Waals surface area contributed by atoms with Gasteiger partial charge in [-0.3, -0.25) is 4.98 Å². The van der Waals surface area contributed by atoms with Gasteiger partial charge in [-0.15, -0.1) is 0 Å². The first kappa shape index (κ1) is 15.1. The summed E-state index contributed by atoms with van der Waals surface area (Å²) in [5.41, 5.74) is 5.33. The summed E-state index contributed by atoms with van der Waals surface area (Å²) in [4.78, 5) is 4.30. The number of nitrogens with one attached hydrogen (secondary N) is 1. The fourth-order valence-corrected chi connectivity index (χ4v) is 2.44. The van der Waals surface area contributed by atoms with Crippen LogP contribution in [0.3, 0.4) is 0 Å². The molecule has 2 aromatic carbocycles. The number of nitrogens with zero attached hydrogens (tertiary/aromatic N) is 1. The molecule has 0 amide bonds. The van der Waals surface area contributed by atoms with Crippen molar-refractivity contribution in [3.8, 4) is 16.9 Å². The van der Waals surface area contributed by atoms with Gasteiger partial charge in [-0.2, -0.15) is 0 Å². The highest BCUT2D eigenvalue weighted by molar-refractivity contribution is 5.69. The first-order valence-corrected chi connectivity index (χ1v) is 7.73. The van der Waals surface area contributed by atoms with Gasteiger partial charge in [-0.05, 0) is 47.4 Å². The first-order valence-electron chi connectivity index (χ1n) is 7.73. The highest BCUT2D eigenvalue weighted by atomic mass is 16.3. The van der Waals surface area contributed by atoms with E-state index < -0.39 is 0 Å². The third-order valence-corrected chi connectivity index (χ3v) is 3.80. The molecule has 0 bridgehead atoms. The number of phenols is 1. The van der Waals surface area contributed by atoms with Crippen molar-refractivity contribution in [2.75, 3.05) is 5.32 Å². The van der Waals surface area contributed by atoms with Crippen LogP contribution in [0.5, 0.6) is 5.75 Å². The summed E-state index contributed by atoms with van der Waals surface area (Å²) >= 11 is 0. The quantitative estimate of drug-likeness (QED) is 0.685. The van der Waals surface area contributed by atoms with Crippen molar-refractivity contribution in [3.63, 3.8) is 0 Å². The third-order valence-electron chi connectivity index (χ3n) is 3.80. The Hall–Kier alpha value is -2.81. The Morgan fingerprint density at radius 3 is 2.17 bits per heavy atom. The van der Waals surface area contributed by atoms with Crippen LogP contribution in [0.15, 0.2) is 67.0 Å². The van der Waals surface area contributed by atoms with Gasteiger partial charge in [0.15, 0.2) is 0 Å². The van der Waals surface area contributed by atoms with Crippen molar-refractivity contribution >= 4 is 11.4 Å². The predicted molar refractivity (Wildman–Crippen MR) is 95.2 cm³/mol. The molecule has 0 aliphatic heterocycles. The number of hydrogen-bond acceptors (Lipinski definition) is 3. The van der Waals surface area contributed by atoms with Gasteiger partial charge in [0, 0.05) is 17.4 Å². The van der Waals surface area contributed by atoms with Crippen molar-refractivity contribution in [3.05, 3.63) is 72.6 Å². The van der Waals surface area contributed by atoms with E-state index in [1.807, 2.05) is 18.3 Å². The Bertz CT molecular complexity index is 777. The molecule has 0 aliphatic carbocycles. The number of aromatic hydroxyl groups is 1. The van der Waals surface area contributed by atoms with Crippen molar-refractivity contribution in [2.24, 2.45) is 0 Å². The fraction of sp³-hybridized carbons (Fsp3) is 0.150. The van der Waals surface area contributed by atoms with E-state index in [4.69, 9.17) is 0 Å². The highest BCUT2D eigenvalue weighted by Gasteiger charge is 2.02. The molecule has 1 aromatic heterocycles. The van der Waals surface area contributed by atoms with Crippen molar-refractivity contribution in [1.29, 1.82) is 0 Å². The van der Waals surface area contributed by atoms with Crippen LogP contribution in [0.25, 0.3) is 11.1 Å². The lowest BCUT2D eigenvalue weighted by Crippen LogP contribution is -1.93. The van der Waals surface area contributed by atoms with Crippen LogP contribution < -0.4 is 5.32 Å². The molecule has 23 heavy (non-hydrogen) atoms. The van der Waals surface area contributed by atoms with E-state index >= 15 is 0 Å². The van der Waals surface area contributed by atoms with E-state index in [2.05, 4.69) is 54.5 Å². The molecule has 116 valence electrons. The van der Waals surface area contributed by atoms with Crippen molar-refractivity contribution in [1.82, 2.24) is 4.98 Å². The van der Waals surface area contributed by atoms with Gasteiger partial charge in [0.05, 0.1) is 11.9 Å². The Balaban J connectivity index is 1.81. The molecule has 0 unspecified atom stereocenters. The SMILES string of the molecule is CC(C)c1ccc(Nc2cncc(-c3ccc(O)cc3)c2)cc1. The van der Waals surface area contributed by atoms with Crippen molar-refractivity contribution < 1.29 is 5.11 Å². The molecule has 0 aliphatic rings. The van der Waals surface area contributed by atoms with Gasteiger partial charge >= 0.3 is 0 Å². The zero-order valence-electron chi connectivity index (χ0n) is 13.3. The summed E-state index contributed by atoms with van der Waals surface area (Å²) in [6.45, 7) is 4.38. The number of phenolic OH excluding ortho intramolecular Hbond substituents is 1. The molecule has 3 rings (SSSR count). The minimum atomic E-state index is 0.265. The van der Waals surface area contributed by atoms with Crippen LogP contribution in [-0.4, -0.2) is 10.1 Å². The van der Waals surface area contributed by atoms with Crippen LogP contribution in [0.4, 0.5) is 11.4 Å². The Morgan fingerprint density at radius 2 is 1.52 bits per heavy atom. The van der Waals surface area contributed by atoms with Gasteiger partial charge < -0.3 is 10.4 Å². The van der Waals surface area contributed by atoms with Gasteiger partial charge in [-0.1, -0.05) is 38.1 Å². The smallest absolute Gasteiger partial charge is 0.115 e. The number of hydrogen-bond donors (Lipinski definition) is 2. The maximum absolute atomic E-state index is 9.39. The van der Waals surface area contributed by atoms with E-state index in [9.17, 15) is 5.11 Å². The molecular formula is C20H20N2O. The standard InChI is InChI=1S/C20H20N2O/c1-14(2)15-3-7-18(8-4-15)22-19-11-17(12-21-13-19)16-5-9-20(23)10-6-16/h3-14,22-23H,1-2H3. The Labute approximate surface area is 136 Å². The number of rotatable bonds is 4. The van der Waals surface area contributed by atoms with Crippen LogP contribution in [0, 0.1) is 0 Å². The zero-order valence-corrected chi connectivity index (χ0v) is 13.3. The van der Waals surface area contributed by atoms with Gasteiger partial charge in [-0.25, -0.2) is 0 Å². The van der Waals surface area contributed by atoms with E-state index in [-0.39, 0.29) is 5.75 Å². The van der Waals surface area contributed by atoms with Gasteiger partial charge in [0.25, 0.3) is 0 Å². The monoisotopic (exact) mass is 304 g/mol. The molecule has 0 spiro atoms.